The Kier molecular flexibility index (Phi) is 4.97. The first kappa shape index (κ1) is 14.5. The number of hydrogen-bond acceptors (Lipinski definition) is 1. The maximum atomic E-state index is 10.2. The number of rotatable bonds is 4. The van der Waals surface area contributed by atoms with Crippen molar-refractivity contribution in [2.45, 2.75) is 20.0 Å². The van der Waals surface area contributed by atoms with Crippen LogP contribution in [0.15, 0.2) is 36.4 Å². The van der Waals surface area contributed by atoms with Crippen molar-refractivity contribution in [1.29, 1.82) is 0 Å². The minimum atomic E-state index is 0.453. The molecule has 0 aliphatic carbocycles. The fraction of sp³-hybridized carbons (Fsp3) is 0.250. The first-order valence-electron chi connectivity index (χ1n) is 6.42. The van der Waals surface area contributed by atoms with Crippen molar-refractivity contribution >= 4 is 27.8 Å². The van der Waals surface area contributed by atoms with Crippen LogP contribution < -0.4 is 10.6 Å². The van der Waals surface area contributed by atoms with Gasteiger partial charge >= 0.3 is 0 Å². The highest BCUT2D eigenvalue weighted by Gasteiger charge is 2.10. The minimum Gasteiger partial charge on any atom is -0.507 e. The van der Waals surface area contributed by atoms with Gasteiger partial charge in [0.15, 0.2) is 0 Å². The molecule has 0 aromatic heterocycles. The van der Waals surface area contributed by atoms with Crippen LogP contribution in [0.5, 0.6) is 5.75 Å². The molecule has 3 heteroatoms. The van der Waals surface area contributed by atoms with Gasteiger partial charge in [0, 0.05) is 5.30 Å². The number of phenols is 1. The monoisotopic (exact) mass is 290 g/mol. The Labute approximate surface area is 119 Å². The van der Waals surface area contributed by atoms with Crippen LogP contribution >= 0.6 is 17.2 Å². The van der Waals surface area contributed by atoms with E-state index in [-0.39, 0.29) is 0 Å². The molecule has 2 aromatic rings. The lowest BCUT2D eigenvalue weighted by atomic mass is 10.1. The third-order valence-electron chi connectivity index (χ3n) is 3.22. The zero-order valence-electron chi connectivity index (χ0n) is 11.6. The number of para-hydroxylation sites is 1. The van der Waals surface area contributed by atoms with E-state index >= 15 is 0 Å². The third kappa shape index (κ3) is 3.35. The second kappa shape index (κ2) is 6.51. The Hall–Kier alpha value is -0.900. The van der Waals surface area contributed by atoms with Gasteiger partial charge in [-0.15, -0.1) is 8.58 Å². The van der Waals surface area contributed by atoms with Crippen molar-refractivity contribution < 1.29 is 5.11 Å². The highest BCUT2D eigenvalue weighted by atomic mass is 31.1. The van der Waals surface area contributed by atoms with Crippen LogP contribution in [0.25, 0.3) is 0 Å². The summed E-state index contributed by atoms with van der Waals surface area (Å²) in [6.07, 6.45) is 1.14. The molecule has 0 aliphatic heterocycles. The molecule has 0 fully saturated rings. The van der Waals surface area contributed by atoms with Gasteiger partial charge in [-0.05, 0) is 48.7 Å². The van der Waals surface area contributed by atoms with Crippen LogP contribution in [-0.4, -0.2) is 11.8 Å². The predicted octanol–water partition coefficient (Wildman–Crippen LogP) is 3.45. The van der Waals surface area contributed by atoms with Crippen molar-refractivity contribution in [1.82, 2.24) is 0 Å². The maximum Gasteiger partial charge on any atom is 0.126 e. The second-order valence-electron chi connectivity index (χ2n) is 4.74. The fourth-order valence-electron chi connectivity index (χ4n) is 2.14. The van der Waals surface area contributed by atoms with Gasteiger partial charge in [0.05, 0.1) is 0 Å². The molecule has 0 spiro atoms. The molecule has 2 rings (SSSR count). The van der Waals surface area contributed by atoms with E-state index in [1.807, 2.05) is 25.1 Å². The Morgan fingerprint density at radius 1 is 1.00 bits per heavy atom. The molecule has 2 aromatic carbocycles. The summed E-state index contributed by atoms with van der Waals surface area (Å²) in [7, 11) is 1.46. The summed E-state index contributed by atoms with van der Waals surface area (Å²) in [5, 5.41) is 12.6. The number of aryl methyl sites for hydroxylation is 2. The van der Waals surface area contributed by atoms with Gasteiger partial charge in [-0.3, -0.25) is 0 Å². The Morgan fingerprint density at radius 3 is 2.42 bits per heavy atom. The van der Waals surface area contributed by atoms with Gasteiger partial charge in [0.2, 0.25) is 0 Å². The highest BCUT2D eigenvalue weighted by molar-refractivity contribution is 7.56. The van der Waals surface area contributed by atoms with E-state index in [2.05, 4.69) is 31.8 Å². The van der Waals surface area contributed by atoms with E-state index in [0.29, 0.717) is 14.3 Å². The van der Waals surface area contributed by atoms with Crippen molar-refractivity contribution in [3.63, 3.8) is 0 Å². The Balaban J connectivity index is 2.40. The van der Waals surface area contributed by atoms with Crippen molar-refractivity contribution in [3.8, 4) is 5.75 Å². The number of phenolic OH excluding ortho intramolecular Hbond substituents is 1. The molecule has 0 radical (unpaired) electrons. The normalized spacial score (nSPS) is 11.9. The molecule has 0 bridgehead atoms. The average molecular weight is 290 g/mol. The van der Waals surface area contributed by atoms with E-state index < -0.39 is 0 Å². The molecule has 19 heavy (non-hydrogen) atoms. The van der Waals surface area contributed by atoms with Gasteiger partial charge in [0.25, 0.3) is 0 Å². The van der Waals surface area contributed by atoms with E-state index in [9.17, 15) is 5.11 Å². The molecule has 0 amide bonds. The molecule has 0 aliphatic rings. The van der Waals surface area contributed by atoms with Gasteiger partial charge in [-0.2, -0.15) is 0 Å². The largest absolute Gasteiger partial charge is 0.507 e. The van der Waals surface area contributed by atoms with E-state index in [1.165, 1.54) is 16.4 Å². The van der Waals surface area contributed by atoms with Crippen LogP contribution in [0.1, 0.15) is 16.7 Å². The van der Waals surface area contributed by atoms with Crippen LogP contribution in [0.3, 0.4) is 0 Å². The fourth-order valence-corrected chi connectivity index (χ4v) is 4.37. The summed E-state index contributed by atoms with van der Waals surface area (Å²) in [6, 6.07) is 12.5. The van der Waals surface area contributed by atoms with Crippen LogP contribution in [0, 0.1) is 13.8 Å². The summed E-state index contributed by atoms with van der Waals surface area (Å²) in [6.45, 7) is 6.35. The Morgan fingerprint density at radius 2 is 1.68 bits per heavy atom. The quantitative estimate of drug-likeness (QED) is 0.855. The molecule has 2 atom stereocenters. The standard InChI is InChI=1S/C16H20OP2/c1-11-6-5-9-14(15(11)17)19-16-12(2)7-4-8-13(16)10-18-3/h4-9,17-19H,10H2,1-3H3. The molecule has 0 saturated carbocycles. The molecule has 100 valence electrons. The van der Waals surface area contributed by atoms with Gasteiger partial charge in [-0.1, -0.05) is 45.0 Å². The second-order valence-corrected chi connectivity index (χ2v) is 7.08. The van der Waals surface area contributed by atoms with Gasteiger partial charge in [0.1, 0.15) is 5.75 Å². The van der Waals surface area contributed by atoms with E-state index in [4.69, 9.17) is 0 Å². The number of aromatic hydroxyl groups is 1. The summed E-state index contributed by atoms with van der Waals surface area (Å²) < 4.78 is 0. The smallest absolute Gasteiger partial charge is 0.126 e. The van der Waals surface area contributed by atoms with Crippen molar-refractivity contribution in [3.05, 3.63) is 53.1 Å². The van der Waals surface area contributed by atoms with Crippen LogP contribution in [0.4, 0.5) is 0 Å². The lowest BCUT2D eigenvalue weighted by molar-refractivity contribution is 0.475. The van der Waals surface area contributed by atoms with Gasteiger partial charge in [-0.25, -0.2) is 0 Å². The average Bonchev–Trinajstić information content (AvgIpc) is 2.39. The SMILES string of the molecule is CPCc1cccc(C)c1Pc1cccc(C)c1O. The summed E-state index contributed by atoms with van der Waals surface area (Å²) in [5.74, 6) is 0.453. The molecule has 2 unspecified atom stereocenters. The molecule has 0 heterocycles. The Bertz CT molecular complexity index is 579. The number of benzene rings is 2. The van der Waals surface area contributed by atoms with Crippen LogP contribution in [-0.2, 0) is 6.16 Å². The maximum absolute atomic E-state index is 10.2. The van der Waals surface area contributed by atoms with Crippen LogP contribution in [0.2, 0.25) is 0 Å². The first-order chi connectivity index (χ1) is 9.13. The lowest BCUT2D eigenvalue weighted by Crippen LogP contribution is -2.12. The lowest BCUT2D eigenvalue weighted by Gasteiger charge is -2.14. The molecular formula is C16H20OP2. The first-order valence-corrected chi connectivity index (χ1v) is 9.13. The molecular weight excluding hydrogens is 270 g/mol. The van der Waals surface area contributed by atoms with E-state index in [0.717, 1.165) is 25.6 Å². The summed E-state index contributed by atoms with van der Waals surface area (Å²) in [5.41, 5.74) is 3.72. The molecule has 1 nitrogen and oxygen atoms in total. The van der Waals surface area contributed by atoms with Crippen molar-refractivity contribution in [2.24, 2.45) is 0 Å². The third-order valence-corrected chi connectivity index (χ3v) is 5.60. The molecule has 0 saturated heterocycles. The summed E-state index contributed by atoms with van der Waals surface area (Å²) >= 11 is 0. The zero-order chi connectivity index (χ0) is 13.8. The highest BCUT2D eigenvalue weighted by Crippen LogP contribution is 2.26. The van der Waals surface area contributed by atoms with Gasteiger partial charge < -0.3 is 5.11 Å². The van der Waals surface area contributed by atoms with E-state index in [1.54, 1.807) is 0 Å². The topological polar surface area (TPSA) is 20.2 Å². The minimum absolute atomic E-state index is 0.453. The van der Waals surface area contributed by atoms with Crippen molar-refractivity contribution in [2.75, 3.05) is 6.66 Å². The summed E-state index contributed by atoms with van der Waals surface area (Å²) in [4.78, 5) is 0. The molecule has 1 N–H and O–H groups in total. The zero-order valence-corrected chi connectivity index (χ0v) is 13.6. The predicted molar refractivity (Wildman–Crippen MR) is 89.5 cm³/mol. The number of hydrogen-bond donors (Lipinski definition) is 1.